The lowest BCUT2D eigenvalue weighted by molar-refractivity contribution is 0.504. The predicted molar refractivity (Wildman–Crippen MR) is 121 cm³/mol. The molecule has 1 saturated heterocycles. The van der Waals surface area contributed by atoms with Crippen molar-refractivity contribution in [1.82, 2.24) is 5.32 Å². The van der Waals surface area contributed by atoms with E-state index in [0.29, 0.717) is 18.8 Å². The van der Waals surface area contributed by atoms with Gasteiger partial charge in [0, 0.05) is 38.4 Å². The van der Waals surface area contributed by atoms with Gasteiger partial charge in [0.25, 0.3) is 0 Å². The molecule has 0 amide bonds. The Kier molecular flexibility index (Phi) is 7.89. The maximum absolute atomic E-state index is 13.8. The van der Waals surface area contributed by atoms with Gasteiger partial charge in [-0.1, -0.05) is 13.8 Å². The molecule has 1 N–H and O–H groups in total. The van der Waals surface area contributed by atoms with Crippen LogP contribution in [0.3, 0.4) is 0 Å². The van der Waals surface area contributed by atoms with Crippen LogP contribution in [-0.4, -0.2) is 47.7 Å². The second-order valence-corrected chi connectivity index (χ2v) is 9.73. The maximum atomic E-state index is 13.8. The Bertz CT molecular complexity index is 984. The standard InChI is InChI=1S/C23H31F2N3O2S/c1-3-12-28(13-4-2)22-16-18(27-14-5-10-26-11-15-27)6-9-23(22)31(29,30)19-7-8-20(24)21(25)17-19/h6-9,16-17,26H,3-5,10-15H2,1-2H3. The average Bonchev–Trinajstić information content (AvgIpc) is 3.04. The van der Waals surface area contributed by atoms with Crippen LogP contribution in [0.4, 0.5) is 20.2 Å². The number of nitrogens with zero attached hydrogens (tertiary/aromatic N) is 2. The highest BCUT2D eigenvalue weighted by Gasteiger charge is 2.26. The molecule has 0 aromatic heterocycles. The highest BCUT2D eigenvalue weighted by atomic mass is 32.2. The fourth-order valence-corrected chi connectivity index (χ4v) is 5.41. The molecule has 8 heteroatoms. The largest absolute Gasteiger partial charge is 0.370 e. The van der Waals surface area contributed by atoms with Crippen LogP contribution in [0.5, 0.6) is 0 Å². The molecule has 1 aliphatic heterocycles. The molecular weight excluding hydrogens is 420 g/mol. The number of halogens is 2. The molecule has 0 bridgehead atoms. The van der Waals surface area contributed by atoms with E-state index in [2.05, 4.69) is 29.0 Å². The van der Waals surface area contributed by atoms with E-state index in [1.807, 2.05) is 12.1 Å². The van der Waals surface area contributed by atoms with Crippen molar-refractivity contribution in [3.05, 3.63) is 48.0 Å². The Labute approximate surface area is 184 Å². The number of benzene rings is 2. The summed E-state index contributed by atoms with van der Waals surface area (Å²) in [5.41, 5.74) is 1.59. The summed E-state index contributed by atoms with van der Waals surface area (Å²) in [7, 11) is -4.02. The number of sulfone groups is 1. The van der Waals surface area contributed by atoms with Crippen LogP contribution >= 0.6 is 0 Å². The van der Waals surface area contributed by atoms with E-state index in [0.717, 1.165) is 69.3 Å². The van der Waals surface area contributed by atoms with Gasteiger partial charge in [0.2, 0.25) is 9.84 Å². The minimum absolute atomic E-state index is 0.122. The molecule has 1 fully saturated rings. The SMILES string of the molecule is CCCN(CCC)c1cc(N2CCCNCC2)ccc1S(=O)(=O)c1ccc(F)c(F)c1. The first-order valence-corrected chi connectivity index (χ1v) is 12.4. The van der Waals surface area contributed by atoms with Gasteiger partial charge in [-0.05, 0) is 62.2 Å². The third kappa shape index (κ3) is 5.36. The Morgan fingerprint density at radius 1 is 0.968 bits per heavy atom. The molecule has 0 unspecified atom stereocenters. The van der Waals surface area contributed by atoms with Crippen LogP contribution in [-0.2, 0) is 9.84 Å². The lowest BCUT2D eigenvalue weighted by Crippen LogP contribution is -2.30. The summed E-state index contributed by atoms with van der Waals surface area (Å²) < 4.78 is 54.1. The number of nitrogens with one attached hydrogen (secondary N) is 1. The van der Waals surface area contributed by atoms with E-state index in [1.54, 1.807) is 6.07 Å². The molecule has 1 aliphatic rings. The zero-order chi connectivity index (χ0) is 22.4. The van der Waals surface area contributed by atoms with E-state index in [1.165, 1.54) is 0 Å². The van der Waals surface area contributed by atoms with Gasteiger partial charge in [-0.15, -0.1) is 0 Å². The Morgan fingerprint density at radius 2 is 1.71 bits per heavy atom. The summed E-state index contributed by atoms with van der Waals surface area (Å²) in [5.74, 6) is -2.24. The van der Waals surface area contributed by atoms with Crippen LogP contribution in [0.15, 0.2) is 46.2 Å². The summed E-state index contributed by atoms with van der Waals surface area (Å²) in [6.45, 7) is 9.09. The van der Waals surface area contributed by atoms with Gasteiger partial charge >= 0.3 is 0 Å². The van der Waals surface area contributed by atoms with Gasteiger partial charge in [-0.25, -0.2) is 17.2 Å². The summed E-state index contributed by atoms with van der Waals surface area (Å²) >= 11 is 0. The van der Waals surface area contributed by atoms with Gasteiger partial charge in [0.1, 0.15) is 0 Å². The molecule has 2 aromatic rings. The van der Waals surface area contributed by atoms with E-state index in [-0.39, 0.29) is 9.79 Å². The fraction of sp³-hybridized carbons (Fsp3) is 0.478. The molecule has 1 heterocycles. The summed E-state index contributed by atoms with van der Waals surface area (Å²) in [6, 6.07) is 8.10. The van der Waals surface area contributed by atoms with Gasteiger partial charge in [-0.2, -0.15) is 0 Å². The smallest absolute Gasteiger partial charge is 0.208 e. The number of rotatable bonds is 8. The number of hydrogen-bond donors (Lipinski definition) is 1. The monoisotopic (exact) mass is 451 g/mol. The lowest BCUT2D eigenvalue weighted by atomic mass is 10.2. The van der Waals surface area contributed by atoms with Crippen LogP contribution in [0.1, 0.15) is 33.1 Å². The first-order valence-electron chi connectivity index (χ1n) is 10.9. The Balaban J connectivity index is 2.12. The summed E-state index contributed by atoms with van der Waals surface area (Å²) in [6.07, 6.45) is 2.74. The third-order valence-electron chi connectivity index (χ3n) is 5.47. The van der Waals surface area contributed by atoms with E-state index < -0.39 is 21.5 Å². The predicted octanol–water partition coefficient (Wildman–Crippen LogP) is 4.22. The number of anilines is 2. The average molecular weight is 452 g/mol. The Morgan fingerprint density at radius 3 is 2.39 bits per heavy atom. The van der Waals surface area contributed by atoms with Gasteiger partial charge in [0.15, 0.2) is 11.6 Å². The zero-order valence-corrected chi connectivity index (χ0v) is 19.0. The van der Waals surface area contributed by atoms with Crippen LogP contribution in [0, 0.1) is 11.6 Å². The minimum Gasteiger partial charge on any atom is -0.370 e. The molecule has 170 valence electrons. The molecule has 0 spiro atoms. The molecule has 0 radical (unpaired) electrons. The molecule has 0 saturated carbocycles. The van der Waals surface area contributed by atoms with Crippen molar-refractivity contribution in [1.29, 1.82) is 0 Å². The van der Waals surface area contributed by atoms with E-state index in [9.17, 15) is 17.2 Å². The quantitative estimate of drug-likeness (QED) is 0.609. The van der Waals surface area contributed by atoms with Gasteiger partial charge in [0.05, 0.1) is 15.5 Å². The van der Waals surface area contributed by atoms with E-state index >= 15 is 0 Å². The van der Waals surface area contributed by atoms with Crippen molar-refractivity contribution in [2.75, 3.05) is 49.1 Å². The van der Waals surface area contributed by atoms with Crippen LogP contribution < -0.4 is 15.1 Å². The minimum atomic E-state index is -4.02. The molecule has 5 nitrogen and oxygen atoms in total. The molecule has 0 atom stereocenters. The lowest BCUT2D eigenvalue weighted by Gasteiger charge is -2.29. The topological polar surface area (TPSA) is 52.6 Å². The van der Waals surface area contributed by atoms with Crippen LogP contribution in [0.2, 0.25) is 0 Å². The third-order valence-corrected chi connectivity index (χ3v) is 7.27. The zero-order valence-electron chi connectivity index (χ0n) is 18.2. The highest BCUT2D eigenvalue weighted by Crippen LogP contribution is 2.35. The maximum Gasteiger partial charge on any atom is 0.208 e. The summed E-state index contributed by atoms with van der Waals surface area (Å²) in [5, 5.41) is 3.38. The molecule has 3 rings (SSSR count). The van der Waals surface area contributed by atoms with Crippen molar-refractivity contribution < 1.29 is 17.2 Å². The van der Waals surface area contributed by atoms with Gasteiger partial charge in [-0.3, -0.25) is 0 Å². The van der Waals surface area contributed by atoms with Crippen molar-refractivity contribution in [2.24, 2.45) is 0 Å². The molecule has 31 heavy (non-hydrogen) atoms. The van der Waals surface area contributed by atoms with Crippen molar-refractivity contribution >= 4 is 21.2 Å². The normalized spacial score (nSPS) is 15.0. The fourth-order valence-electron chi connectivity index (χ4n) is 3.94. The molecular formula is C23H31F2N3O2S. The van der Waals surface area contributed by atoms with Crippen molar-refractivity contribution in [3.8, 4) is 0 Å². The van der Waals surface area contributed by atoms with E-state index in [4.69, 9.17) is 0 Å². The highest BCUT2D eigenvalue weighted by molar-refractivity contribution is 7.91. The second-order valence-electron chi connectivity index (χ2n) is 7.81. The first kappa shape index (κ1) is 23.5. The van der Waals surface area contributed by atoms with Crippen molar-refractivity contribution in [3.63, 3.8) is 0 Å². The Hall–Kier alpha value is -2.19. The van der Waals surface area contributed by atoms with Gasteiger partial charge < -0.3 is 15.1 Å². The second kappa shape index (κ2) is 10.4. The molecule has 0 aliphatic carbocycles. The van der Waals surface area contributed by atoms with Crippen LogP contribution in [0.25, 0.3) is 0 Å². The first-order chi connectivity index (χ1) is 14.9. The summed E-state index contributed by atoms with van der Waals surface area (Å²) in [4.78, 5) is 4.21. The number of hydrogen-bond acceptors (Lipinski definition) is 5. The molecule has 2 aromatic carbocycles. The van der Waals surface area contributed by atoms with Crippen molar-refractivity contribution in [2.45, 2.75) is 42.9 Å².